The molecular formula is C19H19ClN2O2. The fourth-order valence-corrected chi connectivity index (χ4v) is 2.94. The number of aromatic nitrogens is 2. The zero-order chi connectivity index (χ0) is 17.1. The molecule has 0 saturated heterocycles. The number of fused-ring (bicyclic) bond motifs is 1. The first-order valence-electron chi connectivity index (χ1n) is 8.10. The van der Waals surface area contributed by atoms with Crippen molar-refractivity contribution < 1.29 is 9.53 Å². The van der Waals surface area contributed by atoms with Crippen LogP contribution >= 0.6 is 11.6 Å². The van der Waals surface area contributed by atoms with Gasteiger partial charge >= 0.3 is 5.97 Å². The van der Waals surface area contributed by atoms with Gasteiger partial charge in [0, 0.05) is 23.9 Å². The molecular weight excluding hydrogens is 324 g/mol. The standard InChI is InChI=1S/C19H19ClN2O2/c1-3-12-22-19-15(6-5-7-16(19)20)18(21-22)13-8-10-14(11-9-13)24-17(23)4-2/h5-11H,3-4,12H2,1-2H3. The second-order valence-corrected chi connectivity index (χ2v) is 5.97. The molecule has 0 aliphatic heterocycles. The van der Waals surface area contributed by atoms with E-state index in [0.29, 0.717) is 17.2 Å². The van der Waals surface area contributed by atoms with Gasteiger partial charge in [-0.3, -0.25) is 9.48 Å². The van der Waals surface area contributed by atoms with Crippen LogP contribution in [0.15, 0.2) is 42.5 Å². The van der Waals surface area contributed by atoms with Crippen molar-refractivity contribution in [2.24, 2.45) is 0 Å². The molecule has 24 heavy (non-hydrogen) atoms. The highest BCUT2D eigenvalue weighted by atomic mass is 35.5. The van der Waals surface area contributed by atoms with Crippen LogP contribution in [0.3, 0.4) is 0 Å². The molecule has 0 fully saturated rings. The van der Waals surface area contributed by atoms with E-state index in [1.807, 2.05) is 35.0 Å². The summed E-state index contributed by atoms with van der Waals surface area (Å²) < 4.78 is 7.18. The van der Waals surface area contributed by atoms with Gasteiger partial charge in [0.25, 0.3) is 0 Å². The highest BCUT2D eigenvalue weighted by Crippen LogP contribution is 2.33. The minimum atomic E-state index is -0.243. The molecule has 0 aliphatic carbocycles. The number of halogens is 1. The van der Waals surface area contributed by atoms with Crippen LogP contribution < -0.4 is 4.74 Å². The Labute approximate surface area is 146 Å². The van der Waals surface area contributed by atoms with Gasteiger partial charge in [0.15, 0.2) is 0 Å². The van der Waals surface area contributed by atoms with Crippen molar-refractivity contribution in [2.75, 3.05) is 0 Å². The van der Waals surface area contributed by atoms with E-state index in [9.17, 15) is 4.79 Å². The Morgan fingerprint density at radius 3 is 2.58 bits per heavy atom. The minimum absolute atomic E-state index is 0.243. The van der Waals surface area contributed by atoms with Gasteiger partial charge in [-0.1, -0.05) is 37.6 Å². The molecule has 124 valence electrons. The Bertz CT molecular complexity index is 869. The molecule has 1 aromatic heterocycles. The second-order valence-electron chi connectivity index (χ2n) is 5.56. The summed E-state index contributed by atoms with van der Waals surface area (Å²) in [4.78, 5) is 11.4. The Hall–Kier alpha value is -2.33. The molecule has 0 bridgehead atoms. The van der Waals surface area contributed by atoms with Crippen molar-refractivity contribution >= 4 is 28.5 Å². The van der Waals surface area contributed by atoms with Crippen LogP contribution in [0, 0.1) is 0 Å². The van der Waals surface area contributed by atoms with E-state index in [1.54, 1.807) is 19.1 Å². The zero-order valence-electron chi connectivity index (χ0n) is 13.8. The zero-order valence-corrected chi connectivity index (χ0v) is 14.5. The van der Waals surface area contributed by atoms with Gasteiger partial charge in [0.05, 0.1) is 10.5 Å². The third-order valence-corrected chi connectivity index (χ3v) is 4.11. The minimum Gasteiger partial charge on any atom is -0.427 e. The molecule has 0 aliphatic rings. The van der Waals surface area contributed by atoms with E-state index < -0.39 is 0 Å². The van der Waals surface area contributed by atoms with Crippen molar-refractivity contribution in [3.63, 3.8) is 0 Å². The first-order valence-corrected chi connectivity index (χ1v) is 8.48. The molecule has 0 N–H and O–H groups in total. The topological polar surface area (TPSA) is 44.1 Å². The van der Waals surface area contributed by atoms with Gasteiger partial charge < -0.3 is 4.74 Å². The van der Waals surface area contributed by atoms with E-state index in [0.717, 1.165) is 35.1 Å². The molecule has 3 aromatic rings. The maximum absolute atomic E-state index is 11.4. The van der Waals surface area contributed by atoms with Crippen molar-refractivity contribution in [1.82, 2.24) is 9.78 Å². The summed E-state index contributed by atoms with van der Waals surface area (Å²) in [6.45, 7) is 4.69. The number of ether oxygens (including phenoxy) is 1. The number of rotatable bonds is 5. The monoisotopic (exact) mass is 342 g/mol. The summed E-state index contributed by atoms with van der Waals surface area (Å²) in [7, 11) is 0. The third-order valence-electron chi connectivity index (χ3n) is 3.80. The van der Waals surface area contributed by atoms with Crippen LogP contribution in [0.4, 0.5) is 0 Å². The summed E-state index contributed by atoms with van der Waals surface area (Å²) in [6, 6.07) is 13.3. The van der Waals surface area contributed by atoms with E-state index in [2.05, 4.69) is 6.92 Å². The fraction of sp³-hybridized carbons (Fsp3) is 0.263. The highest BCUT2D eigenvalue weighted by Gasteiger charge is 2.14. The van der Waals surface area contributed by atoms with Crippen LogP contribution in [-0.4, -0.2) is 15.7 Å². The molecule has 0 spiro atoms. The highest BCUT2D eigenvalue weighted by molar-refractivity contribution is 6.35. The summed E-state index contributed by atoms with van der Waals surface area (Å²) in [6.07, 6.45) is 1.33. The van der Waals surface area contributed by atoms with Crippen molar-refractivity contribution in [2.45, 2.75) is 33.2 Å². The lowest BCUT2D eigenvalue weighted by atomic mass is 10.1. The lowest BCUT2D eigenvalue weighted by Crippen LogP contribution is -2.05. The van der Waals surface area contributed by atoms with Crippen LogP contribution in [-0.2, 0) is 11.3 Å². The Kier molecular flexibility index (Phi) is 4.86. The van der Waals surface area contributed by atoms with Crippen LogP contribution in [0.25, 0.3) is 22.2 Å². The van der Waals surface area contributed by atoms with Gasteiger partial charge in [-0.2, -0.15) is 5.10 Å². The van der Waals surface area contributed by atoms with Crippen LogP contribution in [0.1, 0.15) is 26.7 Å². The summed E-state index contributed by atoms with van der Waals surface area (Å²) in [5.41, 5.74) is 2.81. The van der Waals surface area contributed by atoms with Gasteiger partial charge in [-0.05, 0) is 36.8 Å². The smallest absolute Gasteiger partial charge is 0.310 e. The number of para-hydroxylation sites is 1. The molecule has 2 aromatic carbocycles. The van der Waals surface area contributed by atoms with Gasteiger partial charge in [0.1, 0.15) is 11.4 Å². The number of carbonyl (C=O) groups is 1. The Balaban J connectivity index is 2.03. The van der Waals surface area contributed by atoms with Gasteiger partial charge in [-0.25, -0.2) is 0 Å². The lowest BCUT2D eigenvalue weighted by Gasteiger charge is -2.03. The van der Waals surface area contributed by atoms with Crippen LogP contribution in [0.2, 0.25) is 5.02 Å². The van der Waals surface area contributed by atoms with Crippen molar-refractivity contribution in [3.05, 3.63) is 47.5 Å². The maximum atomic E-state index is 11.4. The molecule has 0 unspecified atom stereocenters. The number of benzene rings is 2. The third kappa shape index (κ3) is 3.15. The average molecular weight is 343 g/mol. The SMILES string of the molecule is CCCn1nc(-c2ccc(OC(=O)CC)cc2)c2cccc(Cl)c21. The lowest BCUT2D eigenvalue weighted by molar-refractivity contribution is -0.134. The van der Waals surface area contributed by atoms with E-state index in [-0.39, 0.29) is 5.97 Å². The molecule has 1 heterocycles. The normalized spacial score (nSPS) is 11.0. The van der Waals surface area contributed by atoms with Crippen molar-refractivity contribution in [3.8, 4) is 17.0 Å². The Morgan fingerprint density at radius 1 is 1.17 bits per heavy atom. The number of hydrogen-bond donors (Lipinski definition) is 0. The summed E-state index contributed by atoms with van der Waals surface area (Å²) >= 11 is 6.38. The summed E-state index contributed by atoms with van der Waals surface area (Å²) in [5, 5.41) is 6.47. The van der Waals surface area contributed by atoms with E-state index >= 15 is 0 Å². The number of nitrogens with zero attached hydrogens (tertiary/aromatic N) is 2. The number of esters is 1. The quantitative estimate of drug-likeness (QED) is 0.479. The van der Waals surface area contributed by atoms with E-state index in [1.165, 1.54) is 0 Å². The number of aryl methyl sites for hydroxylation is 1. The molecule has 0 atom stereocenters. The number of hydrogen-bond acceptors (Lipinski definition) is 3. The predicted octanol–water partition coefficient (Wildman–Crippen LogP) is 5.08. The molecule has 3 rings (SSSR count). The second kappa shape index (κ2) is 7.05. The molecule has 4 nitrogen and oxygen atoms in total. The average Bonchev–Trinajstić information content (AvgIpc) is 2.96. The van der Waals surface area contributed by atoms with E-state index in [4.69, 9.17) is 21.4 Å². The molecule has 0 radical (unpaired) electrons. The van der Waals surface area contributed by atoms with Crippen LogP contribution in [0.5, 0.6) is 5.75 Å². The fourth-order valence-electron chi connectivity index (χ4n) is 2.66. The largest absolute Gasteiger partial charge is 0.427 e. The van der Waals surface area contributed by atoms with Gasteiger partial charge in [-0.15, -0.1) is 0 Å². The first-order chi connectivity index (χ1) is 11.6. The summed E-state index contributed by atoms with van der Waals surface area (Å²) in [5.74, 6) is 0.299. The van der Waals surface area contributed by atoms with Gasteiger partial charge in [0.2, 0.25) is 0 Å². The predicted molar refractivity (Wildman–Crippen MR) is 96.4 cm³/mol. The Morgan fingerprint density at radius 2 is 1.92 bits per heavy atom. The van der Waals surface area contributed by atoms with Crippen molar-refractivity contribution in [1.29, 1.82) is 0 Å². The molecule has 0 amide bonds. The number of carbonyl (C=O) groups excluding carboxylic acids is 1. The molecule has 0 saturated carbocycles. The maximum Gasteiger partial charge on any atom is 0.310 e. The first kappa shape index (κ1) is 16.5. The molecule has 5 heteroatoms.